The molecule has 1 aromatic heterocycles. The van der Waals surface area contributed by atoms with Crippen LogP contribution in [0, 0.1) is 11.3 Å². The topological polar surface area (TPSA) is 61.0 Å². The lowest BCUT2D eigenvalue weighted by atomic mass is 9.67. The van der Waals surface area contributed by atoms with E-state index >= 15 is 0 Å². The number of hydrogen-bond acceptors (Lipinski definition) is 3. The Morgan fingerprint density at radius 1 is 1.18 bits per heavy atom. The molecule has 3 fully saturated rings. The van der Waals surface area contributed by atoms with Crippen LogP contribution >= 0.6 is 24.8 Å². The first-order valence-corrected chi connectivity index (χ1v) is 9.52. The van der Waals surface area contributed by atoms with Crippen LogP contribution in [-0.2, 0) is 11.0 Å². The number of hydrogen-bond donors (Lipinski definition) is 2. The highest BCUT2D eigenvalue weighted by atomic mass is 35.5. The van der Waals surface area contributed by atoms with Crippen molar-refractivity contribution in [1.82, 2.24) is 20.2 Å². The van der Waals surface area contributed by atoms with Crippen molar-refractivity contribution in [2.45, 2.75) is 50.6 Å². The number of aromatic amines is 1. The number of rotatable bonds is 2. The van der Waals surface area contributed by atoms with Gasteiger partial charge in [-0.2, -0.15) is 13.2 Å². The molecule has 0 spiro atoms. The van der Waals surface area contributed by atoms with Gasteiger partial charge in [-0.05, 0) is 38.1 Å². The molecule has 4 rings (SSSR count). The lowest BCUT2D eigenvalue weighted by Gasteiger charge is -2.42. The second-order valence-corrected chi connectivity index (χ2v) is 7.98. The van der Waals surface area contributed by atoms with Crippen molar-refractivity contribution >= 4 is 30.7 Å². The fraction of sp³-hybridized carbons (Fsp3) is 0.778. The molecule has 1 aromatic rings. The maximum absolute atomic E-state index is 13.2. The normalized spacial score (nSPS) is 28.2. The smallest absolute Gasteiger partial charge is 0.342 e. The molecule has 5 nitrogen and oxygen atoms in total. The molecule has 3 aliphatic rings. The molecule has 2 saturated heterocycles. The van der Waals surface area contributed by atoms with E-state index in [1.54, 1.807) is 0 Å². The first-order valence-electron chi connectivity index (χ1n) is 9.52. The van der Waals surface area contributed by atoms with Gasteiger partial charge in [-0.3, -0.25) is 4.79 Å². The number of nitrogens with zero attached hydrogens (tertiary/aromatic N) is 2. The Balaban J connectivity index is 0.00000140. The van der Waals surface area contributed by atoms with Crippen LogP contribution in [0.1, 0.15) is 56.0 Å². The van der Waals surface area contributed by atoms with E-state index in [4.69, 9.17) is 0 Å². The second-order valence-electron chi connectivity index (χ2n) is 7.98. The largest absolute Gasteiger partial charge is 0.432 e. The number of H-pyrrole nitrogens is 1. The number of nitrogens with one attached hydrogen (secondary N) is 2. The number of imidazole rings is 1. The summed E-state index contributed by atoms with van der Waals surface area (Å²) >= 11 is 0. The lowest BCUT2D eigenvalue weighted by Crippen LogP contribution is -2.51. The van der Waals surface area contributed by atoms with Crippen molar-refractivity contribution in [3.8, 4) is 0 Å². The fourth-order valence-electron chi connectivity index (χ4n) is 5.03. The molecule has 1 aliphatic carbocycles. The first kappa shape index (κ1) is 23.3. The average molecular weight is 443 g/mol. The second kappa shape index (κ2) is 8.79. The number of amides is 1. The highest BCUT2D eigenvalue weighted by molar-refractivity contribution is 5.85. The van der Waals surface area contributed by atoms with E-state index in [2.05, 4.69) is 15.3 Å². The van der Waals surface area contributed by atoms with E-state index in [9.17, 15) is 18.0 Å². The predicted octanol–water partition coefficient (Wildman–Crippen LogP) is 3.76. The summed E-state index contributed by atoms with van der Waals surface area (Å²) in [4.78, 5) is 21.5. The van der Waals surface area contributed by atoms with Crippen molar-refractivity contribution in [1.29, 1.82) is 0 Å². The van der Waals surface area contributed by atoms with Crippen LogP contribution in [0.3, 0.4) is 0 Å². The zero-order chi connectivity index (χ0) is 18.4. The quantitative estimate of drug-likeness (QED) is 0.732. The molecule has 0 unspecified atom stereocenters. The van der Waals surface area contributed by atoms with Crippen molar-refractivity contribution in [2.24, 2.45) is 11.3 Å². The Morgan fingerprint density at radius 2 is 1.89 bits per heavy atom. The highest BCUT2D eigenvalue weighted by Gasteiger charge is 2.51. The third kappa shape index (κ3) is 4.14. The van der Waals surface area contributed by atoms with Gasteiger partial charge in [-0.25, -0.2) is 4.98 Å². The molecule has 1 amide bonds. The van der Waals surface area contributed by atoms with Crippen LogP contribution in [0.4, 0.5) is 13.2 Å². The van der Waals surface area contributed by atoms with Gasteiger partial charge in [0.15, 0.2) is 0 Å². The minimum atomic E-state index is -4.40. The fourth-order valence-corrected chi connectivity index (χ4v) is 5.03. The molecule has 10 heteroatoms. The third-order valence-corrected chi connectivity index (χ3v) is 6.53. The molecule has 2 atom stereocenters. The minimum absolute atomic E-state index is 0. The van der Waals surface area contributed by atoms with Gasteiger partial charge in [0.1, 0.15) is 11.5 Å². The molecule has 2 N–H and O–H groups in total. The van der Waals surface area contributed by atoms with Crippen LogP contribution in [0.15, 0.2) is 6.20 Å². The van der Waals surface area contributed by atoms with E-state index in [1.807, 2.05) is 4.90 Å². The molecule has 28 heavy (non-hydrogen) atoms. The van der Waals surface area contributed by atoms with Gasteiger partial charge in [-0.15, -0.1) is 24.8 Å². The Labute approximate surface area is 175 Å². The van der Waals surface area contributed by atoms with Gasteiger partial charge >= 0.3 is 6.18 Å². The molecule has 2 aliphatic heterocycles. The van der Waals surface area contributed by atoms with Gasteiger partial charge < -0.3 is 15.2 Å². The Bertz CT molecular complexity index is 676. The number of carbonyl (C=O) groups excluding carboxylic acids is 1. The summed E-state index contributed by atoms with van der Waals surface area (Å²) in [5.41, 5.74) is -1.05. The van der Waals surface area contributed by atoms with Gasteiger partial charge in [0.05, 0.1) is 11.6 Å². The number of likely N-dealkylation sites (tertiary alicyclic amines) is 1. The molecule has 1 saturated carbocycles. The molecule has 0 bridgehead atoms. The van der Waals surface area contributed by atoms with Crippen LogP contribution in [0.5, 0.6) is 0 Å². The van der Waals surface area contributed by atoms with Gasteiger partial charge in [0.2, 0.25) is 5.91 Å². The van der Waals surface area contributed by atoms with Crippen molar-refractivity contribution in [2.75, 3.05) is 26.2 Å². The summed E-state index contributed by atoms with van der Waals surface area (Å²) in [7, 11) is 0. The van der Waals surface area contributed by atoms with Crippen molar-refractivity contribution in [3.05, 3.63) is 17.7 Å². The summed E-state index contributed by atoms with van der Waals surface area (Å²) in [5.74, 6) is 1.03. The van der Waals surface area contributed by atoms with E-state index < -0.39 is 11.9 Å². The monoisotopic (exact) mass is 442 g/mol. The summed E-state index contributed by atoms with van der Waals surface area (Å²) in [5, 5.41) is 3.41. The summed E-state index contributed by atoms with van der Waals surface area (Å²) in [6.45, 7) is 2.89. The zero-order valence-corrected chi connectivity index (χ0v) is 17.2. The molecule has 0 radical (unpaired) electrons. The maximum atomic E-state index is 13.2. The summed E-state index contributed by atoms with van der Waals surface area (Å²) < 4.78 is 38.2. The van der Waals surface area contributed by atoms with E-state index in [0.717, 1.165) is 38.5 Å². The standard InChI is InChI=1S/C18H25F3N4O.2ClH/c19-18(20,21)14-10-23-15(24-14)12-4-7-25(8-5-12)16(26)17-6-2-1-3-13(17)9-22-11-17;;/h10,12-13,22H,1-9,11H2,(H,23,24);2*1H/t13-,17+;;/m0../s1. The van der Waals surface area contributed by atoms with E-state index in [-0.39, 0.29) is 42.1 Å². The summed E-state index contributed by atoms with van der Waals surface area (Å²) in [6.07, 6.45) is 2.15. The first-order chi connectivity index (χ1) is 12.4. The molecule has 0 aromatic carbocycles. The van der Waals surface area contributed by atoms with Crippen LogP contribution in [0.2, 0.25) is 0 Å². The van der Waals surface area contributed by atoms with Crippen molar-refractivity contribution < 1.29 is 18.0 Å². The number of alkyl halides is 3. The summed E-state index contributed by atoms with van der Waals surface area (Å²) in [6, 6.07) is 0. The number of aromatic nitrogens is 2. The number of fused-ring (bicyclic) bond motifs is 1. The molecular formula is C18H27Cl2F3N4O. The average Bonchev–Trinajstić information content (AvgIpc) is 3.28. The Kier molecular flexibility index (Phi) is 7.32. The van der Waals surface area contributed by atoms with E-state index in [0.29, 0.717) is 37.7 Å². The van der Waals surface area contributed by atoms with Gasteiger partial charge in [0, 0.05) is 25.6 Å². The molecule has 160 valence electrons. The maximum Gasteiger partial charge on any atom is 0.432 e. The Hall–Kier alpha value is -0.990. The Morgan fingerprint density at radius 3 is 2.54 bits per heavy atom. The SMILES string of the molecule is Cl.Cl.O=C(N1CCC(c2ncc(C(F)(F)F)[nH]2)CC1)[C@@]12CCCC[C@H]1CNC2. The van der Waals surface area contributed by atoms with Gasteiger partial charge in [-0.1, -0.05) is 12.8 Å². The predicted molar refractivity (Wildman–Crippen MR) is 104 cm³/mol. The van der Waals surface area contributed by atoms with Gasteiger partial charge in [0.25, 0.3) is 0 Å². The molecule has 3 heterocycles. The minimum Gasteiger partial charge on any atom is -0.342 e. The van der Waals surface area contributed by atoms with E-state index in [1.165, 1.54) is 6.42 Å². The highest BCUT2D eigenvalue weighted by Crippen LogP contribution is 2.45. The van der Waals surface area contributed by atoms with Crippen molar-refractivity contribution in [3.63, 3.8) is 0 Å². The van der Waals surface area contributed by atoms with Crippen LogP contribution in [-0.4, -0.2) is 47.0 Å². The lowest BCUT2D eigenvalue weighted by molar-refractivity contribution is -0.146. The number of carbonyl (C=O) groups is 1. The third-order valence-electron chi connectivity index (χ3n) is 6.53. The van der Waals surface area contributed by atoms with Crippen LogP contribution in [0.25, 0.3) is 0 Å². The number of halogens is 5. The number of piperidine rings is 1. The van der Waals surface area contributed by atoms with Crippen LogP contribution < -0.4 is 5.32 Å². The zero-order valence-electron chi connectivity index (χ0n) is 15.6. The molecular weight excluding hydrogens is 416 g/mol.